The SMILES string of the molecule is CCOCC(C)NC(=O)c1n[nH]c2ccc(N)cc12. The Bertz CT molecular complexity index is 579. The lowest BCUT2D eigenvalue weighted by Crippen LogP contribution is -2.36. The van der Waals surface area contributed by atoms with Crippen LogP contribution >= 0.6 is 0 Å². The molecular weight excluding hydrogens is 244 g/mol. The van der Waals surface area contributed by atoms with Crippen LogP contribution in [-0.2, 0) is 4.74 Å². The van der Waals surface area contributed by atoms with E-state index in [9.17, 15) is 4.79 Å². The van der Waals surface area contributed by atoms with Crippen molar-refractivity contribution >= 4 is 22.5 Å². The monoisotopic (exact) mass is 262 g/mol. The van der Waals surface area contributed by atoms with E-state index in [4.69, 9.17) is 10.5 Å². The molecule has 19 heavy (non-hydrogen) atoms. The zero-order valence-electron chi connectivity index (χ0n) is 11.1. The molecule has 1 heterocycles. The van der Waals surface area contributed by atoms with E-state index in [1.165, 1.54) is 0 Å². The lowest BCUT2D eigenvalue weighted by molar-refractivity contribution is 0.0869. The number of nitrogen functional groups attached to an aromatic ring is 1. The van der Waals surface area contributed by atoms with Crippen molar-refractivity contribution in [3.05, 3.63) is 23.9 Å². The molecule has 2 aromatic rings. The van der Waals surface area contributed by atoms with Crippen LogP contribution < -0.4 is 11.1 Å². The van der Waals surface area contributed by atoms with Crippen LogP contribution in [0.4, 0.5) is 5.69 Å². The summed E-state index contributed by atoms with van der Waals surface area (Å²) in [5.74, 6) is -0.232. The Morgan fingerprint density at radius 3 is 3.11 bits per heavy atom. The molecule has 0 saturated heterocycles. The van der Waals surface area contributed by atoms with Crippen molar-refractivity contribution in [1.82, 2.24) is 15.5 Å². The average molecular weight is 262 g/mol. The van der Waals surface area contributed by atoms with E-state index in [-0.39, 0.29) is 11.9 Å². The second kappa shape index (κ2) is 5.71. The van der Waals surface area contributed by atoms with E-state index in [0.717, 1.165) is 10.9 Å². The summed E-state index contributed by atoms with van der Waals surface area (Å²) in [7, 11) is 0. The Hall–Kier alpha value is -2.08. The number of aromatic nitrogens is 2. The molecule has 0 aliphatic heterocycles. The largest absolute Gasteiger partial charge is 0.399 e. The number of H-pyrrole nitrogens is 1. The summed E-state index contributed by atoms with van der Waals surface area (Å²) in [6, 6.07) is 5.24. The van der Waals surface area contributed by atoms with Gasteiger partial charge in [0.15, 0.2) is 5.69 Å². The van der Waals surface area contributed by atoms with Crippen LogP contribution in [0.5, 0.6) is 0 Å². The molecule has 0 spiro atoms. The lowest BCUT2D eigenvalue weighted by atomic mass is 10.2. The highest BCUT2D eigenvalue weighted by Gasteiger charge is 2.16. The molecule has 1 unspecified atom stereocenters. The quantitative estimate of drug-likeness (QED) is 0.708. The van der Waals surface area contributed by atoms with Crippen LogP contribution in [0.15, 0.2) is 18.2 Å². The summed E-state index contributed by atoms with van der Waals surface area (Å²) in [4.78, 5) is 12.1. The minimum absolute atomic E-state index is 0.0692. The minimum atomic E-state index is -0.232. The number of amides is 1. The van der Waals surface area contributed by atoms with Crippen LogP contribution in [0.3, 0.4) is 0 Å². The highest BCUT2D eigenvalue weighted by atomic mass is 16.5. The number of benzene rings is 1. The number of nitrogens with one attached hydrogen (secondary N) is 2. The number of nitrogens with two attached hydrogens (primary N) is 1. The maximum atomic E-state index is 12.1. The number of hydrogen-bond acceptors (Lipinski definition) is 4. The third-order valence-electron chi connectivity index (χ3n) is 2.75. The molecule has 0 radical (unpaired) electrons. The summed E-state index contributed by atoms with van der Waals surface area (Å²) < 4.78 is 5.26. The fourth-order valence-corrected chi connectivity index (χ4v) is 1.83. The molecule has 0 aliphatic rings. The first-order chi connectivity index (χ1) is 9.11. The number of anilines is 1. The predicted octanol–water partition coefficient (Wildman–Crippen LogP) is 1.30. The zero-order valence-corrected chi connectivity index (χ0v) is 11.1. The molecule has 0 fully saturated rings. The molecule has 2 rings (SSSR count). The Kier molecular flexibility index (Phi) is 4.01. The van der Waals surface area contributed by atoms with Crippen molar-refractivity contribution in [3.63, 3.8) is 0 Å². The summed E-state index contributed by atoms with van der Waals surface area (Å²) in [6.45, 7) is 4.91. The van der Waals surface area contributed by atoms with E-state index in [1.54, 1.807) is 18.2 Å². The van der Waals surface area contributed by atoms with Crippen molar-refractivity contribution < 1.29 is 9.53 Å². The van der Waals surface area contributed by atoms with E-state index >= 15 is 0 Å². The van der Waals surface area contributed by atoms with Gasteiger partial charge in [-0.2, -0.15) is 5.10 Å². The first kappa shape index (κ1) is 13.4. The number of aromatic amines is 1. The number of hydrogen-bond donors (Lipinski definition) is 3. The van der Waals surface area contributed by atoms with E-state index in [1.807, 2.05) is 13.8 Å². The highest BCUT2D eigenvalue weighted by Crippen LogP contribution is 2.18. The zero-order chi connectivity index (χ0) is 13.8. The molecule has 4 N–H and O–H groups in total. The number of rotatable bonds is 5. The molecule has 6 nitrogen and oxygen atoms in total. The Balaban J connectivity index is 2.15. The Labute approximate surface area is 111 Å². The molecule has 1 amide bonds. The van der Waals surface area contributed by atoms with Gasteiger partial charge in [0.05, 0.1) is 12.1 Å². The molecular formula is C13H18N4O2. The molecule has 1 aromatic heterocycles. The van der Waals surface area contributed by atoms with Crippen LogP contribution in [0, 0.1) is 0 Å². The van der Waals surface area contributed by atoms with Gasteiger partial charge in [-0.15, -0.1) is 0 Å². The van der Waals surface area contributed by atoms with Gasteiger partial charge in [-0.1, -0.05) is 0 Å². The average Bonchev–Trinajstić information content (AvgIpc) is 2.79. The third-order valence-corrected chi connectivity index (χ3v) is 2.75. The number of carbonyl (C=O) groups is 1. The van der Waals surface area contributed by atoms with Crippen LogP contribution in [-0.4, -0.2) is 35.4 Å². The van der Waals surface area contributed by atoms with Gasteiger partial charge in [-0.05, 0) is 32.0 Å². The van der Waals surface area contributed by atoms with Crippen LogP contribution in [0.25, 0.3) is 10.9 Å². The number of nitrogens with zero attached hydrogens (tertiary/aromatic N) is 1. The normalized spacial score (nSPS) is 12.5. The Morgan fingerprint density at radius 1 is 1.58 bits per heavy atom. The smallest absolute Gasteiger partial charge is 0.272 e. The van der Waals surface area contributed by atoms with Crippen molar-refractivity contribution in [1.29, 1.82) is 0 Å². The predicted molar refractivity (Wildman–Crippen MR) is 73.9 cm³/mol. The van der Waals surface area contributed by atoms with E-state index < -0.39 is 0 Å². The summed E-state index contributed by atoms with van der Waals surface area (Å²) in [5, 5.41) is 10.4. The summed E-state index contributed by atoms with van der Waals surface area (Å²) >= 11 is 0. The molecule has 0 aliphatic carbocycles. The van der Waals surface area contributed by atoms with Gasteiger partial charge in [-0.25, -0.2) is 0 Å². The molecule has 0 bridgehead atoms. The Morgan fingerprint density at radius 2 is 2.37 bits per heavy atom. The first-order valence-electron chi connectivity index (χ1n) is 6.24. The third kappa shape index (κ3) is 3.03. The first-order valence-corrected chi connectivity index (χ1v) is 6.24. The fourth-order valence-electron chi connectivity index (χ4n) is 1.83. The van der Waals surface area contributed by atoms with Gasteiger partial charge in [0.2, 0.25) is 0 Å². The molecule has 1 atom stereocenters. The van der Waals surface area contributed by atoms with Gasteiger partial charge < -0.3 is 15.8 Å². The lowest BCUT2D eigenvalue weighted by Gasteiger charge is -2.12. The van der Waals surface area contributed by atoms with Crippen molar-refractivity contribution in [2.45, 2.75) is 19.9 Å². The molecule has 6 heteroatoms. The minimum Gasteiger partial charge on any atom is -0.399 e. The summed E-state index contributed by atoms with van der Waals surface area (Å²) in [5.41, 5.74) is 7.47. The standard InChI is InChI=1S/C13H18N4O2/c1-3-19-7-8(2)15-13(18)12-10-6-9(14)4-5-11(10)16-17-12/h4-6,8H,3,7,14H2,1-2H3,(H,15,18)(H,16,17). The van der Waals surface area contributed by atoms with Crippen LogP contribution in [0.2, 0.25) is 0 Å². The maximum Gasteiger partial charge on any atom is 0.272 e. The van der Waals surface area contributed by atoms with Gasteiger partial charge in [0.25, 0.3) is 5.91 Å². The fraction of sp³-hybridized carbons (Fsp3) is 0.385. The van der Waals surface area contributed by atoms with Gasteiger partial charge >= 0.3 is 0 Å². The van der Waals surface area contributed by atoms with Gasteiger partial charge in [0, 0.05) is 23.7 Å². The van der Waals surface area contributed by atoms with Crippen molar-refractivity contribution in [2.24, 2.45) is 0 Å². The highest BCUT2D eigenvalue weighted by molar-refractivity contribution is 6.05. The van der Waals surface area contributed by atoms with E-state index in [2.05, 4.69) is 15.5 Å². The second-order valence-corrected chi connectivity index (χ2v) is 4.41. The maximum absolute atomic E-state index is 12.1. The molecule has 1 aromatic carbocycles. The topological polar surface area (TPSA) is 93.0 Å². The van der Waals surface area contributed by atoms with E-state index in [0.29, 0.717) is 24.6 Å². The molecule has 102 valence electrons. The van der Waals surface area contributed by atoms with Gasteiger partial charge in [-0.3, -0.25) is 9.89 Å². The second-order valence-electron chi connectivity index (χ2n) is 4.41. The van der Waals surface area contributed by atoms with Crippen molar-refractivity contribution in [3.8, 4) is 0 Å². The van der Waals surface area contributed by atoms with Gasteiger partial charge in [0.1, 0.15) is 0 Å². The van der Waals surface area contributed by atoms with Crippen LogP contribution in [0.1, 0.15) is 24.3 Å². The number of carbonyl (C=O) groups excluding carboxylic acids is 1. The number of fused-ring (bicyclic) bond motifs is 1. The number of ether oxygens (including phenoxy) is 1. The molecule has 0 saturated carbocycles. The van der Waals surface area contributed by atoms with Crippen molar-refractivity contribution in [2.75, 3.05) is 18.9 Å². The summed E-state index contributed by atoms with van der Waals surface area (Å²) in [6.07, 6.45) is 0.